The Kier molecular flexibility index (Phi) is 3.52. The molecule has 0 fully saturated rings. The lowest BCUT2D eigenvalue weighted by Gasteiger charge is -2.14. The summed E-state index contributed by atoms with van der Waals surface area (Å²) in [5.74, 6) is 1.04. The number of aromatic amines is 2. The Hall–Kier alpha value is -1.70. The van der Waals surface area contributed by atoms with Crippen molar-refractivity contribution < 1.29 is 15.3 Å². The molecule has 92 valence electrons. The molecule has 0 saturated carbocycles. The number of H-pyrrole nitrogens is 2. The molecule has 0 radical (unpaired) electrons. The van der Waals surface area contributed by atoms with E-state index < -0.39 is 12.2 Å². The minimum atomic E-state index is -1.10. The first kappa shape index (κ1) is 11.8. The number of hydrogen-bond donors (Lipinski definition) is 5. The highest BCUT2D eigenvalue weighted by atomic mass is 16.3. The molecular weight excluding hydrogens is 224 g/mol. The van der Waals surface area contributed by atoms with E-state index in [0.29, 0.717) is 17.3 Å². The molecule has 5 N–H and O–H groups in total. The SMILES string of the molecule is OCCC(O)C(O)c1cnc(-c2ncc[nH]2)[nH]1. The molecular formula is C10H14N4O3. The average Bonchev–Trinajstić information content (AvgIpc) is 2.98. The Bertz CT molecular complexity index is 454. The van der Waals surface area contributed by atoms with Crippen LogP contribution < -0.4 is 0 Å². The summed E-state index contributed by atoms with van der Waals surface area (Å²) in [6, 6.07) is 0. The molecule has 0 bridgehead atoms. The molecule has 0 aliphatic rings. The Morgan fingerprint density at radius 1 is 1.24 bits per heavy atom. The fraction of sp³-hybridized carbons (Fsp3) is 0.400. The molecule has 2 rings (SSSR count). The van der Waals surface area contributed by atoms with E-state index in [0.717, 1.165) is 0 Å². The van der Waals surface area contributed by atoms with Gasteiger partial charge < -0.3 is 25.3 Å². The van der Waals surface area contributed by atoms with Gasteiger partial charge in [0.2, 0.25) is 0 Å². The third-order valence-electron chi connectivity index (χ3n) is 2.43. The molecule has 17 heavy (non-hydrogen) atoms. The summed E-state index contributed by atoms with van der Waals surface area (Å²) in [5, 5.41) is 28.0. The summed E-state index contributed by atoms with van der Waals surface area (Å²) in [6.07, 6.45) is 2.67. The minimum absolute atomic E-state index is 0.107. The van der Waals surface area contributed by atoms with Crippen LogP contribution in [0.1, 0.15) is 18.2 Å². The summed E-state index contributed by atoms with van der Waals surface area (Å²) in [5.41, 5.74) is 0.386. The van der Waals surface area contributed by atoms with E-state index >= 15 is 0 Å². The quantitative estimate of drug-likeness (QED) is 0.484. The number of nitrogens with zero attached hydrogens (tertiary/aromatic N) is 2. The molecule has 0 aromatic carbocycles. The number of imidazole rings is 2. The van der Waals surface area contributed by atoms with Crippen molar-refractivity contribution in [2.75, 3.05) is 6.61 Å². The zero-order valence-corrected chi connectivity index (χ0v) is 9.04. The van der Waals surface area contributed by atoms with Crippen molar-refractivity contribution in [1.29, 1.82) is 0 Å². The summed E-state index contributed by atoms with van der Waals surface area (Å²) in [4.78, 5) is 13.8. The minimum Gasteiger partial charge on any atom is -0.396 e. The van der Waals surface area contributed by atoms with Gasteiger partial charge in [0.05, 0.1) is 18.0 Å². The molecule has 7 nitrogen and oxygen atoms in total. The van der Waals surface area contributed by atoms with Gasteiger partial charge in [-0.3, -0.25) is 0 Å². The maximum atomic E-state index is 9.77. The average molecular weight is 238 g/mol. The van der Waals surface area contributed by atoms with Crippen molar-refractivity contribution in [3.05, 3.63) is 24.3 Å². The lowest BCUT2D eigenvalue weighted by atomic mass is 10.1. The lowest BCUT2D eigenvalue weighted by Crippen LogP contribution is -2.19. The van der Waals surface area contributed by atoms with Crippen LogP contribution >= 0.6 is 0 Å². The molecule has 0 amide bonds. The van der Waals surface area contributed by atoms with Gasteiger partial charge in [0.15, 0.2) is 11.6 Å². The van der Waals surface area contributed by atoms with Gasteiger partial charge in [-0.1, -0.05) is 0 Å². The number of aromatic nitrogens is 4. The maximum absolute atomic E-state index is 9.77. The first-order chi connectivity index (χ1) is 8.22. The second kappa shape index (κ2) is 5.09. The summed E-state index contributed by atoms with van der Waals surface area (Å²) < 4.78 is 0. The monoisotopic (exact) mass is 238 g/mol. The van der Waals surface area contributed by atoms with E-state index in [1.165, 1.54) is 6.20 Å². The fourth-order valence-corrected chi connectivity index (χ4v) is 1.50. The largest absolute Gasteiger partial charge is 0.396 e. The predicted molar refractivity (Wildman–Crippen MR) is 58.8 cm³/mol. The van der Waals surface area contributed by atoms with Crippen molar-refractivity contribution in [2.45, 2.75) is 18.6 Å². The van der Waals surface area contributed by atoms with Gasteiger partial charge in [-0.25, -0.2) is 9.97 Å². The van der Waals surface area contributed by atoms with Crippen LogP contribution in [0.15, 0.2) is 18.6 Å². The molecule has 2 atom stereocenters. The molecule has 2 aromatic rings. The smallest absolute Gasteiger partial charge is 0.173 e. The normalized spacial score (nSPS) is 14.8. The summed E-state index contributed by atoms with van der Waals surface area (Å²) in [6.45, 7) is -0.183. The van der Waals surface area contributed by atoms with Gasteiger partial charge in [0.25, 0.3) is 0 Å². The fourth-order valence-electron chi connectivity index (χ4n) is 1.50. The molecule has 2 unspecified atom stereocenters. The van der Waals surface area contributed by atoms with Gasteiger partial charge in [-0.2, -0.15) is 0 Å². The highest BCUT2D eigenvalue weighted by molar-refractivity contribution is 5.43. The van der Waals surface area contributed by atoms with Crippen LogP contribution in [0.5, 0.6) is 0 Å². The summed E-state index contributed by atoms with van der Waals surface area (Å²) >= 11 is 0. The van der Waals surface area contributed by atoms with Gasteiger partial charge in [0.1, 0.15) is 6.10 Å². The molecule has 2 heterocycles. The second-order valence-corrected chi connectivity index (χ2v) is 3.65. The maximum Gasteiger partial charge on any atom is 0.173 e. The van der Waals surface area contributed by atoms with Crippen molar-refractivity contribution in [2.24, 2.45) is 0 Å². The molecule has 0 aliphatic heterocycles. The van der Waals surface area contributed by atoms with E-state index in [1.807, 2.05) is 0 Å². The molecule has 7 heteroatoms. The van der Waals surface area contributed by atoms with Gasteiger partial charge in [0, 0.05) is 19.0 Å². The van der Waals surface area contributed by atoms with Crippen molar-refractivity contribution in [3.8, 4) is 11.6 Å². The van der Waals surface area contributed by atoms with Crippen LogP contribution in [-0.2, 0) is 0 Å². The van der Waals surface area contributed by atoms with E-state index in [4.69, 9.17) is 5.11 Å². The predicted octanol–water partition coefficient (Wildman–Crippen LogP) is -0.424. The number of hydrogen-bond acceptors (Lipinski definition) is 5. The lowest BCUT2D eigenvalue weighted by molar-refractivity contribution is 0.00216. The molecule has 2 aromatic heterocycles. The van der Waals surface area contributed by atoms with Crippen LogP contribution in [0, 0.1) is 0 Å². The molecule has 0 aliphatic carbocycles. The number of rotatable bonds is 5. The van der Waals surface area contributed by atoms with Crippen LogP contribution in [0.25, 0.3) is 11.6 Å². The molecule has 0 spiro atoms. The van der Waals surface area contributed by atoms with Crippen LogP contribution in [0.3, 0.4) is 0 Å². The van der Waals surface area contributed by atoms with Crippen molar-refractivity contribution >= 4 is 0 Å². The van der Waals surface area contributed by atoms with E-state index in [9.17, 15) is 10.2 Å². The van der Waals surface area contributed by atoms with Crippen LogP contribution in [0.2, 0.25) is 0 Å². The zero-order chi connectivity index (χ0) is 12.3. The highest BCUT2D eigenvalue weighted by Gasteiger charge is 2.20. The zero-order valence-electron chi connectivity index (χ0n) is 9.04. The van der Waals surface area contributed by atoms with Gasteiger partial charge in [-0.15, -0.1) is 0 Å². The number of nitrogens with one attached hydrogen (secondary N) is 2. The second-order valence-electron chi connectivity index (χ2n) is 3.65. The first-order valence-electron chi connectivity index (χ1n) is 5.24. The first-order valence-corrected chi connectivity index (χ1v) is 5.24. The van der Waals surface area contributed by atoms with Crippen molar-refractivity contribution in [3.63, 3.8) is 0 Å². The standard InChI is InChI=1S/C10H14N4O3/c15-4-1-7(16)8(17)6-5-13-10(14-6)9-11-2-3-12-9/h2-3,5,7-8,15-17H,1,4H2,(H,11,12)(H,13,14). The Labute approximate surface area is 97.2 Å². The Morgan fingerprint density at radius 2 is 2.06 bits per heavy atom. The highest BCUT2D eigenvalue weighted by Crippen LogP contribution is 2.19. The molecule has 0 saturated heterocycles. The van der Waals surface area contributed by atoms with Crippen LogP contribution in [0.4, 0.5) is 0 Å². The number of aliphatic hydroxyl groups excluding tert-OH is 3. The van der Waals surface area contributed by atoms with Crippen LogP contribution in [-0.4, -0.2) is 48.0 Å². The van der Waals surface area contributed by atoms with E-state index in [2.05, 4.69) is 19.9 Å². The third-order valence-corrected chi connectivity index (χ3v) is 2.43. The third kappa shape index (κ3) is 2.52. The Morgan fingerprint density at radius 3 is 2.71 bits per heavy atom. The topological polar surface area (TPSA) is 118 Å². The Balaban J connectivity index is 2.13. The number of aliphatic hydroxyl groups is 3. The van der Waals surface area contributed by atoms with Crippen molar-refractivity contribution in [1.82, 2.24) is 19.9 Å². The van der Waals surface area contributed by atoms with Gasteiger partial charge in [-0.05, 0) is 6.42 Å². The summed E-state index contributed by atoms with van der Waals surface area (Å²) in [7, 11) is 0. The van der Waals surface area contributed by atoms with E-state index in [1.54, 1.807) is 12.4 Å². The van der Waals surface area contributed by atoms with Gasteiger partial charge >= 0.3 is 0 Å². The van der Waals surface area contributed by atoms with E-state index in [-0.39, 0.29) is 13.0 Å².